The first-order valence-electron chi connectivity index (χ1n) is 13.5. The maximum absolute atomic E-state index is 14.1. The first-order valence-corrected chi connectivity index (χ1v) is 15.4. The molecule has 220 valence electrons. The lowest BCUT2D eigenvalue weighted by Crippen LogP contribution is -2.51. The van der Waals surface area contributed by atoms with Crippen LogP contribution in [0.4, 0.5) is 5.69 Å². The molecule has 8 nitrogen and oxygen atoms in total. The summed E-state index contributed by atoms with van der Waals surface area (Å²) in [6.07, 6.45) is 1.72. The summed E-state index contributed by atoms with van der Waals surface area (Å²) in [4.78, 5) is 28.6. The molecule has 0 radical (unpaired) electrons. The topological polar surface area (TPSA) is 96.0 Å². The summed E-state index contributed by atoms with van der Waals surface area (Å²) < 4.78 is 34.6. The summed E-state index contributed by atoms with van der Waals surface area (Å²) in [6, 6.07) is 17.7. The van der Waals surface area contributed by atoms with Crippen LogP contribution in [0, 0.1) is 13.8 Å². The van der Waals surface area contributed by atoms with E-state index in [-0.39, 0.29) is 33.8 Å². The maximum atomic E-state index is 14.1. The zero-order chi connectivity index (χ0) is 30.2. The van der Waals surface area contributed by atoms with Crippen LogP contribution < -0.4 is 14.4 Å². The Morgan fingerprint density at radius 1 is 1.02 bits per heavy atom. The molecule has 0 saturated carbocycles. The molecule has 3 rings (SSSR count). The van der Waals surface area contributed by atoms with E-state index in [9.17, 15) is 18.0 Å². The second kappa shape index (κ2) is 14.4. The van der Waals surface area contributed by atoms with Gasteiger partial charge in [0.1, 0.15) is 18.3 Å². The molecule has 0 saturated heterocycles. The number of nitrogens with zero attached hydrogens (tertiary/aromatic N) is 2. The van der Waals surface area contributed by atoms with Gasteiger partial charge in [-0.3, -0.25) is 13.9 Å². The quantitative estimate of drug-likeness (QED) is 0.262. The highest BCUT2D eigenvalue weighted by atomic mass is 35.5. The minimum atomic E-state index is -4.25. The van der Waals surface area contributed by atoms with E-state index in [4.69, 9.17) is 16.3 Å². The second-order valence-corrected chi connectivity index (χ2v) is 12.2. The third-order valence-electron chi connectivity index (χ3n) is 6.90. The summed E-state index contributed by atoms with van der Waals surface area (Å²) in [5.41, 5.74) is 2.80. The first-order chi connectivity index (χ1) is 19.5. The number of rotatable bonds is 13. The molecule has 0 aliphatic heterocycles. The smallest absolute Gasteiger partial charge is 0.264 e. The Labute approximate surface area is 248 Å². The Balaban J connectivity index is 2.08. The lowest BCUT2D eigenvalue weighted by molar-refractivity contribution is -0.139. The minimum Gasteiger partial charge on any atom is -0.495 e. The molecule has 3 aromatic rings. The van der Waals surface area contributed by atoms with Gasteiger partial charge in [0, 0.05) is 18.1 Å². The third kappa shape index (κ3) is 8.01. The molecule has 1 N–H and O–H groups in total. The number of halogens is 1. The van der Waals surface area contributed by atoms with E-state index >= 15 is 0 Å². The number of sulfonamides is 1. The molecule has 0 spiro atoms. The van der Waals surface area contributed by atoms with Crippen LogP contribution in [0.3, 0.4) is 0 Å². The highest BCUT2D eigenvalue weighted by molar-refractivity contribution is 7.92. The Morgan fingerprint density at radius 2 is 1.71 bits per heavy atom. The predicted molar refractivity (Wildman–Crippen MR) is 163 cm³/mol. The molecule has 1 atom stereocenters. The van der Waals surface area contributed by atoms with Gasteiger partial charge in [0.25, 0.3) is 10.0 Å². The van der Waals surface area contributed by atoms with Gasteiger partial charge in [-0.05, 0) is 68.7 Å². The molecule has 10 heteroatoms. The van der Waals surface area contributed by atoms with Crippen LogP contribution >= 0.6 is 11.6 Å². The van der Waals surface area contributed by atoms with Crippen LogP contribution in [-0.2, 0) is 26.2 Å². The van der Waals surface area contributed by atoms with Crippen molar-refractivity contribution in [1.82, 2.24) is 10.2 Å². The molecule has 3 aromatic carbocycles. The van der Waals surface area contributed by atoms with E-state index in [2.05, 4.69) is 5.32 Å². The number of hydrogen-bond acceptors (Lipinski definition) is 5. The number of unbranched alkanes of at least 4 members (excludes halogenated alkanes) is 1. The Bertz CT molecular complexity index is 1460. The summed E-state index contributed by atoms with van der Waals surface area (Å²) in [5.74, 6) is -0.633. The van der Waals surface area contributed by atoms with E-state index in [0.717, 1.165) is 33.8 Å². The van der Waals surface area contributed by atoms with Crippen LogP contribution in [0.2, 0.25) is 5.02 Å². The highest BCUT2D eigenvalue weighted by Crippen LogP contribution is 2.35. The number of benzene rings is 3. The molecular weight excluding hydrogens is 562 g/mol. The zero-order valence-electron chi connectivity index (χ0n) is 24.2. The van der Waals surface area contributed by atoms with Crippen molar-refractivity contribution in [1.29, 1.82) is 0 Å². The van der Waals surface area contributed by atoms with Crippen LogP contribution in [0.5, 0.6) is 5.75 Å². The van der Waals surface area contributed by atoms with E-state index < -0.39 is 28.5 Å². The van der Waals surface area contributed by atoms with Gasteiger partial charge in [0.2, 0.25) is 11.8 Å². The third-order valence-corrected chi connectivity index (χ3v) is 8.91. The number of nitrogens with one attached hydrogen (secondary N) is 1. The van der Waals surface area contributed by atoms with Crippen molar-refractivity contribution in [2.24, 2.45) is 0 Å². The van der Waals surface area contributed by atoms with Gasteiger partial charge < -0.3 is 15.0 Å². The van der Waals surface area contributed by atoms with Crippen LogP contribution in [0.1, 0.15) is 43.4 Å². The zero-order valence-corrected chi connectivity index (χ0v) is 25.8. The van der Waals surface area contributed by atoms with Gasteiger partial charge in [0.15, 0.2) is 0 Å². The van der Waals surface area contributed by atoms with Crippen molar-refractivity contribution in [2.75, 3.05) is 24.5 Å². The molecule has 2 amide bonds. The fourth-order valence-electron chi connectivity index (χ4n) is 4.30. The average molecular weight is 600 g/mol. The van der Waals surface area contributed by atoms with Crippen molar-refractivity contribution in [2.45, 2.75) is 58.0 Å². The largest absolute Gasteiger partial charge is 0.495 e. The van der Waals surface area contributed by atoms with Crippen molar-refractivity contribution in [3.05, 3.63) is 88.4 Å². The average Bonchev–Trinajstić information content (AvgIpc) is 2.95. The number of aryl methyl sites for hydroxylation is 2. The van der Waals surface area contributed by atoms with Crippen molar-refractivity contribution < 1.29 is 22.7 Å². The highest BCUT2D eigenvalue weighted by Gasteiger charge is 2.34. The SMILES string of the molecule is CCCCNC(=O)[C@@H](C)N(Cc1ccccc1C)C(=O)CN(c1cc(Cl)ccc1OC)S(=O)(=O)c1ccc(C)cc1. The number of carbonyl (C=O) groups excluding carboxylic acids is 2. The number of anilines is 1. The normalized spacial score (nSPS) is 12.0. The fourth-order valence-corrected chi connectivity index (χ4v) is 5.88. The van der Waals surface area contributed by atoms with Gasteiger partial charge in [-0.2, -0.15) is 0 Å². The molecule has 0 fully saturated rings. The molecule has 0 aromatic heterocycles. The van der Waals surface area contributed by atoms with Crippen molar-refractivity contribution >= 4 is 39.1 Å². The monoisotopic (exact) mass is 599 g/mol. The van der Waals surface area contributed by atoms with Gasteiger partial charge in [-0.1, -0.05) is 66.9 Å². The van der Waals surface area contributed by atoms with Crippen molar-refractivity contribution in [3.63, 3.8) is 0 Å². The molecule has 0 heterocycles. The molecule has 0 bridgehead atoms. The predicted octanol–water partition coefficient (Wildman–Crippen LogP) is 5.49. The van der Waals surface area contributed by atoms with Crippen LogP contribution in [0.15, 0.2) is 71.6 Å². The van der Waals surface area contributed by atoms with Gasteiger partial charge >= 0.3 is 0 Å². The molecule has 0 aliphatic rings. The molecular formula is C31H38ClN3O5S. The Morgan fingerprint density at radius 3 is 2.34 bits per heavy atom. The molecule has 41 heavy (non-hydrogen) atoms. The summed E-state index contributed by atoms with van der Waals surface area (Å²) in [5, 5.41) is 3.16. The van der Waals surface area contributed by atoms with Gasteiger partial charge in [-0.25, -0.2) is 8.42 Å². The first kappa shape index (κ1) is 32.0. The van der Waals surface area contributed by atoms with Crippen LogP contribution in [-0.4, -0.2) is 51.4 Å². The van der Waals surface area contributed by atoms with Gasteiger partial charge in [-0.15, -0.1) is 0 Å². The molecule has 0 unspecified atom stereocenters. The van der Waals surface area contributed by atoms with Crippen LogP contribution in [0.25, 0.3) is 0 Å². The molecule has 0 aliphatic carbocycles. The Hall–Kier alpha value is -3.56. The summed E-state index contributed by atoms with van der Waals surface area (Å²) >= 11 is 6.29. The fraction of sp³-hybridized carbons (Fsp3) is 0.355. The lowest BCUT2D eigenvalue weighted by Gasteiger charge is -2.32. The number of ether oxygens (including phenoxy) is 1. The lowest BCUT2D eigenvalue weighted by atomic mass is 10.1. The maximum Gasteiger partial charge on any atom is 0.264 e. The van der Waals surface area contributed by atoms with Crippen molar-refractivity contribution in [3.8, 4) is 5.75 Å². The standard InChI is InChI=1S/C31H38ClN3O5S/c1-6-7-18-33-31(37)24(4)34(20-25-11-9-8-10-23(25)3)30(36)21-35(28-19-26(32)14-17-29(28)40-5)41(38,39)27-15-12-22(2)13-16-27/h8-17,19,24H,6-7,18,20-21H2,1-5H3,(H,33,37)/t24-/m1/s1. The summed E-state index contributed by atoms with van der Waals surface area (Å²) in [6.45, 7) is 7.49. The van der Waals surface area contributed by atoms with E-state index in [0.29, 0.717) is 6.54 Å². The van der Waals surface area contributed by atoms with E-state index in [1.165, 1.54) is 30.2 Å². The number of methoxy groups -OCH3 is 1. The summed E-state index contributed by atoms with van der Waals surface area (Å²) in [7, 11) is -2.83. The second-order valence-electron chi connectivity index (χ2n) is 9.91. The van der Waals surface area contributed by atoms with Gasteiger partial charge in [0.05, 0.1) is 17.7 Å². The number of hydrogen-bond donors (Lipinski definition) is 1. The minimum absolute atomic E-state index is 0.00809. The van der Waals surface area contributed by atoms with E-state index in [1.807, 2.05) is 45.0 Å². The number of amides is 2. The Kier molecular flexibility index (Phi) is 11.2. The van der Waals surface area contributed by atoms with E-state index in [1.54, 1.807) is 31.2 Å². The number of carbonyl (C=O) groups is 2.